The van der Waals surface area contributed by atoms with E-state index in [-0.39, 0.29) is 5.69 Å². The predicted octanol–water partition coefficient (Wildman–Crippen LogP) is 2.22. The van der Waals surface area contributed by atoms with Crippen LogP contribution in [0.3, 0.4) is 0 Å². The van der Waals surface area contributed by atoms with Crippen LogP contribution in [-0.4, -0.2) is 8.42 Å². The minimum atomic E-state index is -3.86. The molecule has 5 nitrogen and oxygen atoms in total. The van der Waals surface area contributed by atoms with Gasteiger partial charge in [0.25, 0.3) is 10.2 Å². The van der Waals surface area contributed by atoms with E-state index >= 15 is 0 Å². The standard InChI is InChI=1S/C13H17N3O2S/c14-9-12-11(10-5-2-1-3-6-10)7-4-8-13(12)16-19(15,17)18/h4,7-8,10,16H,1-3,5-6H2,(H2,15,17,18). The molecule has 0 unspecified atom stereocenters. The fraction of sp³-hybridized carbons (Fsp3) is 0.462. The van der Waals surface area contributed by atoms with Crippen molar-refractivity contribution in [1.82, 2.24) is 0 Å². The Labute approximate surface area is 113 Å². The molecule has 0 atom stereocenters. The van der Waals surface area contributed by atoms with E-state index in [0.717, 1.165) is 31.2 Å². The van der Waals surface area contributed by atoms with Crippen LogP contribution in [0, 0.1) is 11.3 Å². The molecular weight excluding hydrogens is 262 g/mol. The Morgan fingerprint density at radius 1 is 1.26 bits per heavy atom. The molecule has 0 spiro atoms. The molecule has 1 saturated carbocycles. The first-order valence-electron chi connectivity index (χ1n) is 6.35. The van der Waals surface area contributed by atoms with Crippen LogP contribution in [0.2, 0.25) is 0 Å². The fourth-order valence-electron chi connectivity index (χ4n) is 2.69. The highest BCUT2D eigenvalue weighted by atomic mass is 32.2. The molecule has 1 aliphatic carbocycles. The SMILES string of the molecule is N#Cc1c(NS(N)(=O)=O)cccc1C1CCCCC1. The number of hydrogen-bond acceptors (Lipinski definition) is 3. The summed E-state index contributed by atoms with van der Waals surface area (Å²) in [7, 11) is -3.86. The van der Waals surface area contributed by atoms with E-state index in [1.54, 1.807) is 12.1 Å². The maximum absolute atomic E-state index is 11.1. The Morgan fingerprint density at radius 2 is 1.95 bits per heavy atom. The summed E-state index contributed by atoms with van der Waals surface area (Å²) in [6, 6.07) is 7.33. The summed E-state index contributed by atoms with van der Waals surface area (Å²) >= 11 is 0. The summed E-state index contributed by atoms with van der Waals surface area (Å²) in [5.41, 5.74) is 1.59. The number of hydrogen-bond donors (Lipinski definition) is 2. The lowest BCUT2D eigenvalue weighted by molar-refractivity contribution is 0.443. The number of nitrogens with zero attached hydrogens (tertiary/aromatic N) is 1. The molecule has 0 aliphatic heterocycles. The van der Waals surface area contributed by atoms with Crippen molar-refractivity contribution in [3.05, 3.63) is 29.3 Å². The van der Waals surface area contributed by atoms with Crippen molar-refractivity contribution in [1.29, 1.82) is 5.26 Å². The maximum Gasteiger partial charge on any atom is 0.296 e. The topological polar surface area (TPSA) is 96.0 Å². The third-order valence-electron chi connectivity index (χ3n) is 3.51. The minimum absolute atomic E-state index is 0.271. The summed E-state index contributed by atoms with van der Waals surface area (Å²) < 4.78 is 24.4. The van der Waals surface area contributed by atoms with Gasteiger partial charge in [-0.2, -0.15) is 13.7 Å². The van der Waals surface area contributed by atoms with E-state index < -0.39 is 10.2 Å². The quantitative estimate of drug-likeness (QED) is 0.887. The lowest BCUT2D eigenvalue weighted by Gasteiger charge is -2.23. The van der Waals surface area contributed by atoms with E-state index in [1.807, 2.05) is 6.07 Å². The number of rotatable bonds is 3. The molecule has 0 bridgehead atoms. The lowest BCUT2D eigenvalue weighted by atomic mass is 9.82. The van der Waals surface area contributed by atoms with Crippen molar-refractivity contribution in [2.75, 3.05) is 4.72 Å². The predicted molar refractivity (Wildman–Crippen MR) is 73.7 cm³/mol. The number of nitrogens with two attached hydrogens (primary N) is 1. The molecule has 0 amide bonds. The van der Waals surface area contributed by atoms with Crippen LogP contribution in [0.15, 0.2) is 18.2 Å². The fourth-order valence-corrected chi connectivity index (χ4v) is 3.16. The molecule has 6 heteroatoms. The largest absolute Gasteiger partial charge is 0.296 e. The van der Waals surface area contributed by atoms with Crippen molar-refractivity contribution in [2.45, 2.75) is 38.0 Å². The van der Waals surface area contributed by atoms with E-state index in [1.165, 1.54) is 6.42 Å². The number of benzene rings is 1. The van der Waals surface area contributed by atoms with E-state index in [2.05, 4.69) is 10.8 Å². The minimum Gasteiger partial charge on any atom is -0.270 e. The van der Waals surface area contributed by atoms with Crippen molar-refractivity contribution < 1.29 is 8.42 Å². The molecule has 0 heterocycles. The number of nitrogens with one attached hydrogen (secondary N) is 1. The number of nitriles is 1. The van der Waals surface area contributed by atoms with E-state index in [4.69, 9.17) is 5.14 Å². The lowest BCUT2D eigenvalue weighted by Crippen LogP contribution is -2.22. The molecule has 1 fully saturated rings. The molecule has 2 rings (SSSR count). The van der Waals surface area contributed by atoms with E-state index in [0.29, 0.717) is 11.5 Å². The molecule has 1 aromatic rings. The van der Waals surface area contributed by atoms with Gasteiger partial charge in [-0.1, -0.05) is 31.4 Å². The molecular formula is C13H17N3O2S. The Morgan fingerprint density at radius 3 is 2.53 bits per heavy atom. The van der Waals surface area contributed by atoms with Gasteiger partial charge in [0.05, 0.1) is 11.3 Å². The molecule has 0 aromatic heterocycles. The second-order valence-electron chi connectivity index (χ2n) is 4.86. The Balaban J connectivity index is 2.39. The van der Waals surface area contributed by atoms with Crippen LogP contribution in [0.5, 0.6) is 0 Å². The van der Waals surface area contributed by atoms with Gasteiger partial charge >= 0.3 is 0 Å². The van der Waals surface area contributed by atoms with Gasteiger partial charge in [-0.25, -0.2) is 5.14 Å². The Bertz CT molecular complexity index is 599. The highest BCUT2D eigenvalue weighted by Crippen LogP contribution is 2.36. The highest BCUT2D eigenvalue weighted by Gasteiger charge is 2.21. The van der Waals surface area contributed by atoms with Crippen LogP contribution in [0.4, 0.5) is 5.69 Å². The van der Waals surface area contributed by atoms with Crippen LogP contribution in [-0.2, 0) is 10.2 Å². The zero-order valence-electron chi connectivity index (χ0n) is 10.6. The van der Waals surface area contributed by atoms with E-state index in [9.17, 15) is 13.7 Å². The summed E-state index contributed by atoms with van der Waals surface area (Å²) in [6.45, 7) is 0. The van der Waals surface area contributed by atoms with Gasteiger partial charge in [-0.15, -0.1) is 0 Å². The Kier molecular flexibility index (Phi) is 4.08. The van der Waals surface area contributed by atoms with Crippen molar-refractivity contribution in [3.8, 4) is 6.07 Å². The van der Waals surface area contributed by atoms with Crippen LogP contribution >= 0.6 is 0 Å². The van der Waals surface area contributed by atoms with Gasteiger partial charge in [0.15, 0.2) is 0 Å². The Hall–Kier alpha value is -1.58. The summed E-state index contributed by atoms with van der Waals surface area (Å²) in [5, 5.41) is 14.3. The van der Waals surface area contributed by atoms with Gasteiger partial charge in [-0.05, 0) is 30.4 Å². The van der Waals surface area contributed by atoms with Crippen molar-refractivity contribution in [2.24, 2.45) is 5.14 Å². The van der Waals surface area contributed by atoms with Crippen LogP contribution in [0.25, 0.3) is 0 Å². The molecule has 19 heavy (non-hydrogen) atoms. The first kappa shape index (κ1) is 13.8. The van der Waals surface area contributed by atoms with Crippen LogP contribution in [0.1, 0.15) is 49.1 Å². The second kappa shape index (κ2) is 5.59. The molecule has 102 valence electrons. The third-order valence-corrected chi connectivity index (χ3v) is 4.01. The average molecular weight is 279 g/mol. The third kappa shape index (κ3) is 3.46. The van der Waals surface area contributed by atoms with Crippen LogP contribution < -0.4 is 9.86 Å². The summed E-state index contributed by atoms with van der Waals surface area (Å²) in [6.07, 6.45) is 5.64. The molecule has 0 radical (unpaired) electrons. The molecule has 1 aromatic carbocycles. The summed E-state index contributed by atoms with van der Waals surface area (Å²) in [4.78, 5) is 0. The second-order valence-corrected chi connectivity index (χ2v) is 6.16. The smallest absolute Gasteiger partial charge is 0.270 e. The zero-order chi connectivity index (χ0) is 13.9. The zero-order valence-corrected chi connectivity index (χ0v) is 11.4. The molecule has 0 saturated heterocycles. The average Bonchev–Trinajstić information content (AvgIpc) is 2.37. The first-order valence-corrected chi connectivity index (χ1v) is 7.89. The highest BCUT2D eigenvalue weighted by molar-refractivity contribution is 7.90. The van der Waals surface area contributed by atoms with Crippen molar-refractivity contribution in [3.63, 3.8) is 0 Å². The summed E-state index contributed by atoms with van der Waals surface area (Å²) in [5.74, 6) is 0.339. The first-order chi connectivity index (χ1) is 9.01. The maximum atomic E-state index is 11.1. The van der Waals surface area contributed by atoms with Gasteiger partial charge in [0.2, 0.25) is 0 Å². The van der Waals surface area contributed by atoms with Gasteiger partial charge in [0.1, 0.15) is 6.07 Å². The monoisotopic (exact) mass is 279 g/mol. The molecule has 1 aliphatic rings. The van der Waals surface area contributed by atoms with Crippen molar-refractivity contribution >= 4 is 15.9 Å². The molecule has 3 N–H and O–H groups in total. The number of anilines is 1. The van der Waals surface area contributed by atoms with Gasteiger partial charge in [0, 0.05) is 0 Å². The van der Waals surface area contributed by atoms with Gasteiger partial charge < -0.3 is 0 Å². The normalized spacial score (nSPS) is 16.8. The van der Waals surface area contributed by atoms with Gasteiger partial charge in [-0.3, -0.25) is 4.72 Å².